The van der Waals surface area contributed by atoms with Gasteiger partial charge in [-0.05, 0) is 28.1 Å². The van der Waals surface area contributed by atoms with Gasteiger partial charge in [-0.25, -0.2) is 8.42 Å². The van der Waals surface area contributed by atoms with Crippen molar-refractivity contribution in [2.24, 2.45) is 0 Å². The molecule has 1 amide bonds. The maximum Gasteiger partial charge on any atom is 0.253 e. The Hall–Kier alpha value is -0.480. The summed E-state index contributed by atoms with van der Waals surface area (Å²) >= 11 is 4.36. The van der Waals surface area contributed by atoms with Crippen molar-refractivity contribution in [1.82, 2.24) is 9.62 Å². The molecule has 2 heterocycles. The molecule has 1 aliphatic rings. The van der Waals surface area contributed by atoms with Crippen molar-refractivity contribution in [3.8, 4) is 0 Å². The van der Waals surface area contributed by atoms with Gasteiger partial charge in [-0.2, -0.15) is 4.31 Å². The van der Waals surface area contributed by atoms with Crippen molar-refractivity contribution in [2.45, 2.75) is 10.3 Å². The second kappa shape index (κ2) is 5.88. The summed E-state index contributed by atoms with van der Waals surface area (Å²) in [5.74, 6) is -0.362. The molecule has 1 saturated heterocycles. The number of carbonyl (C=O) groups excluding carboxylic acids is 1. The lowest BCUT2D eigenvalue weighted by molar-refractivity contribution is -0.128. The van der Waals surface area contributed by atoms with Gasteiger partial charge in [0.15, 0.2) is 0 Å². The summed E-state index contributed by atoms with van der Waals surface area (Å²) in [6.07, 6.45) is 0. The summed E-state index contributed by atoms with van der Waals surface area (Å²) in [6.45, 7) is 0.542. The van der Waals surface area contributed by atoms with E-state index in [0.717, 1.165) is 15.1 Å². The van der Waals surface area contributed by atoms with E-state index >= 15 is 0 Å². The zero-order chi connectivity index (χ0) is 14.0. The second-order valence-electron chi connectivity index (χ2n) is 3.88. The maximum atomic E-state index is 12.5. The number of halogens is 1. The SMILES string of the molecule is CNC(=O)C1COCCN1S(=O)(=O)c1ccc(Br)s1. The summed E-state index contributed by atoms with van der Waals surface area (Å²) in [6, 6.07) is 2.39. The van der Waals surface area contributed by atoms with Crippen LogP contribution in [0.1, 0.15) is 0 Å². The van der Waals surface area contributed by atoms with Gasteiger partial charge in [0.1, 0.15) is 10.3 Å². The molecule has 0 aromatic carbocycles. The van der Waals surface area contributed by atoms with Crippen LogP contribution in [0.2, 0.25) is 0 Å². The number of nitrogens with zero attached hydrogens (tertiary/aromatic N) is 1. The van der Waals surface area contributed by atoms with E-state index < -0.39 is 16.1 Å². The van der Waals surface area contributed by atoms with Crippen molar-refractivity contribution < 1.29 is 17.9 Å². The minimum atomic E-state index is -3.66. The molecule has 1 N–H and O–H groups in total. The molecular formula is C10H13BrN2O4S2. The van der Waals surface area contributed by atoms with Crippen LogP contribution in [-0.2, 0) is 19.6 Å². The fourth-order valence-corrected chi connectivity index (χ4v) is 5.50. The minimum absolute atomic E-state index is 0.0748. The molecule has 1 aliphatic heterocycles. The molecule has 0 bridgehead atoms. The first-order valence-corrected chi connectivity index (χ1v) is 8.58. The lowest BCUT2D eigenvalue weighted by atomic mass is 10.2. The van der Waals surface area contributed by atoms with E-state index in [9.17, 15) is 13.2 Å². The van der Waals surface area contributed by atoms with E-state index in [1.807, 2.05) is 0 Å². The number of thiophene rings is 1. The van der Waals surface area contributed by atoms with Crippen LogP contribution < -0.4 is 5.32 Å². The Labute approximate surface area is 123 Å². The largest absolute Gasteiger partial charge is 0.378 e. The smallest absolute Gasteiger partial charge is 0.253 e. The molecule has 106 valence electrons. The topological polar surface area (TPSA) is 75.7 Å². The van der Waals surface area contributed by atoms with Gasteiger partial charge in [0, 0.05) is 13.6 Å². The lowest BCUT2D eigenvalue weighted by Crippen LogP contribution is -2.55. The summed E-state index contributed by atoms with van der Waals surface area (Å²) in [5, 5.41) is 2.46. The average molecular weight is 369 g/mol. The summed E-state index contributed by atoms with van der Waals surface area (Å²) in [7, 11) is -2.19. The van der Waals surface area contributed by atoms with Gasteiger partial charge < -0.3 is 10.1 Å². The van der Waals surface area contributed by atoms with Gasteiger partial charge in [-0.15, -0.1) is 11.3 Å². The zero-order valence-corrected chi connectivity index (χ0v) is 13.3. The maximum absolute atomic E-state index is 12.5. The van der Waals surface area contributed by atoms with Crippen molar-refractivity contribution in [3.05, 3.63) is 15.9 Å². The van der Waals surface area contributed by atoms with Gasteiger partial charge >= 0.3 is 0 Å². The molecule has 19 heavy (non-hydrogen) atoms. The number of likely N-dealkylation sites (N-methyl/N-ethyl adjacent to an activating group) is 1. The third-order valence-electron chi connectivity index (χ3n) is 2.74. The number of hydrogen-bond donors (Lipinski definition) is 1. The van der Waals surface area contributed by atoms with Crippen LogP contribution in [0.25, 0.3) is 0 Å². The average Bonchev–Trinajstić information content (AvgIpc) is 2.85. The Kier molecular flexibility index (Phi) is 4.62. The van der Waals surface area contributed by atoms with Gasteiger partial charge in [0.2, 0.25) is 5.91 Å². The van der Waals surface area contributed by atoms with Crippen LogP contribution >= 0.6 is 27.3 Å². The van der Waals surface area contributed by atoms with Crippen molar-refractivity contribution >= 4 is 43.2 Å². The minimum Gasteiger partial charge on any atom is -0.378 e. The second-order valence-corrected chi connectivity index (χ2v) is 8.46. The third kappa shape index (κ3) is 3.00. The van der Waals surface area contributed by atoms with E-state index in [1.54, 1.807) is 6.07 Å². The molecule has 6 nitrogen and oxygen atoms in total. The lowest BCUT2D eigenvalue weighted by Gasteiger charge is -2.32. The van der Waals surface area contributed by atoms with Crippen LogP contribution in [0.15, 0.2) is 20.1 Å². The zero-order valence-electron chi connectivity index (χ0n) is 10.1. The van der Waals surface area contributed by atoms with E-state index in [4.69, 9.17) is 4.74 Å². The molecular weight excluding hydrogens is 356 g/mol. The van der Waals surface area contributed by atoms with Crippen LogP contribution in [0, 0.1) is 0 Å². The first-order chi connectivity index (χ1) is 8.96. The molecule has 1 fully saturated rings. The Balaban J connectivity index is 2.34. The number of nitrogens with one attached hydrogen (secondary N) is 1. The Bertz CT molecular complexity index is 572. The molecule has 0 radical (unpaired) electrons. The molecule has 0 aliphatic carbocycles. The van der Waals surface area contributed by atoms with E-state index in [2.05, 4.69) is 21.2 Å². The Morgan fingerprint density at radius 1 is 1.58 bits per heavy atom. The number of hydrogen-bond acceptors (Lipinski definition) is 5. The van der Waals surface area contributed by atoms with Crippen LogP contribution in [-0.4, -0.2) is 51.5 Å². The first kappa shape index (κ1) is 14.9. The monoisotopic (exact) mass is 368 g/mol. The Morgan fingerprint density at radius 2 is 2.32 bits per heavy atom. The molecule has 0 spiro atoms. The van der Waals surface area contributed by atoms with Crippen molar-refractivity contribution in [2.75, 3.05) is 26.8 Å². The highest BCUT2D eigenvalue weighted by Gasteiger charge is 2.38. The van der Waals surface area contributed by atoms with Crippen molar-refractivity contribution in [3.63, 3.8) is 0 Å². The van der Waals surface area contributed by atoms with E-state index in [0.29, 0.717) is 6.61 Å². The fourth-order valence-electron chi connectivity index (χ4n) is 1.80. The van der Waals surface area contributed by atoms with Crippen molar-refractivity contribution in [1.29, 1.82) is 0 Å². The molecule has 1 atom stereocenters. The third-order valence-corrected chi connectivity index (χ3v) is 6.74. The van der Waals surface area contributed by atoms with Crippen LogP contribution in [0.3, 0.4) is 0 Å². The summed E-state index contributed by atoms with van der Waals surface area (Å²) < 4.78 is 32.4. The number of morpholine rings is 1. The van der Waals surface area contributed by atoms with Crippen LogP contribution in [0.5, 0.6) is 0 Å². The Morgan fingerprint density at radius 3 is 2.89 bits per heavy atom. The molecule has 1 unspecified atom stereocenters. The molecule has 1 aromatic heterocycles. The van der Waals surface area contributed by atoms with Crippen LogP contribution in [0.4, 0.5) is 0 Å². The molecule has 0 saturated carbocycles. The summed E-state index contributed by atoms with van der Waals surface area (Å²) in [5.41, 5.74) is 0. The molecule has 1 aromatic rings. The van der Waals surface area contributed by atoms with Gasteiger partial charge in [0.25, 0.3) is 10.0 Å². The molecule has 9 heteroatoms. The predicted octanol–water partition coefficient (Wildman–Crippen LogP) is 0.646. The number of sulfonamides is 1. The number of rotatable bonds is 3. The number of carbonyl (C=O) groups is 1. The first-order valence-electron chi connectivity index (χ1n) is 5.53. The number of ether oxygens (including phenoxy) is 1. The molecule has 2 rings (SSSR count). The summed E-state index contributed by atoms with van der Waals surface area (Å²) in [4.78, 5) is 11.8. The van der Waals surface area contributed by atoms with E-state index in [1.165, 1.54) is 17.4 Å². The van der Waals surface area contributed by atoms with E-state index in [-0.39, 0.29) is 23.3 Å². The highest BCUT2D eigenvalue weighted by atomic mass is 79.9. The number of amides is 1. The van der Waals surface area contributed by atoms with Gasteiger partial charge in [-0.3, -0.25) is 4.79 Å². The predicted molar refractivity (Wildman–Crippen MR) is 74.6 cm³/mol. The normalized spacial score (nSPS) is 21.3. The standard InChI is InChI=1S/C10H13BrN2O4S2/c1-12-10(14)7-6-17-5-4-13(7)19(15,16)9-3-2-8(11)18-9/h2-3,7H,4-6H2,1H3,(H,12,14). The van der Waals surface area contributed by atoms with Gasteiger partial charge in [-0.1, -0.05) is 0 Å². The highest BCUT2D eigenvalue weighted by Crippen LogP contribution is 2.30. The highest BCUT2D eigenvalue weighted by molar-refractivity contribution is 9.11. The quantitative estimate of drug-likeness (QED) is 0.849. The van der Waals surface area contributed by atoms with Gasteiger partial charge in [0.05, 0.1) is 17.0 Å². The fraction of sp³-hybridized carbons (Fsp3) is 0.500.